The Morgan fingerprint density at radius 2 is 2.06 bits per heavy atom. The van der Waals surface area contributed by atoms with Gasteiger partial charge in [0.05, 0.1) is 11.5 Å². The lowest BCUT2D eigenvalue weighted by molar-refractivity contribution is -0.177. The molecule has 0 aromatic rings. The third-order valence-electron chi connectivity index (χ3n) is 2.64. The van der Waals surface area contributed by atoms with Gasteiger partial charge in [0.2, 0.25) is 5.91 Å². The number of hydrogen-bond donors (Lipinski definition) is 0. The van der Waals surface area contributed by atoms with Crippen LogP contribution in [0.4, 0.5) is 13.2 Å². The van der Waals surface area contributed by atoms with Gasteiger partial charge in [0.15, 0.2) is 9.84 Å². The Balaban J connectivity index is 2.38. The van der Waals surface area contributed by atoms with Crippen molar-refractivity contribution >= 4 is 15.7 Å². The summed E-state index contributed by atoms with van der Waals surface area (Å²) in [6.45, 7) is -2.19. The van der Waals surface area contributed by atoms with E-state index in [1.54, 1.807) is 0 Å². The second-order valence-electron chi connectivity index (χ2n) is 4.17. The predicted octanol–water partition coefficient (Wildman–Crippen LogP) is 0.211. The summed E-state index contributed by atoms with van der Waals surface area (Å²) in [6, 6.07) is -0.475. The Hall–Kier alpha value is -0.830. The lowest BCUT2D eigenvalue weighted by Gasteiger charge is -2.23. The van der Waals surface area contributed by atoms with Gasteiger partial charge in [0.1, 0.15) is 13.2 Å². The first-order valence-corrected chi connectivity index (χ1v) is 7.03. The molecular weight excluding hydrogens is 275 g/mol. The molecule has 0 aromatic carbocycles. The molecule has 1 heterocycles. The molecule has 1 rings (SSSR count). The molecule has 9 heteroatoms. The summed E-state index contributed by atoms with van der Waals surface area (Å²) < 4.78 is 62.0. The van der Waals surface area contributed by atoms with E-state index in [1.165, 1.54) is 7.05 Å². The van der Waals surface area contributed by atoms with E-state index < -0.39 is 41.2 Å². The van der Waals surface area contributed by atoms with Gasteiger partial charge in [-0.2, -0.15) is 13.2 Å². The maximum absolute atomic E-state index is 11.8. The third-order valence-corrected chi connectivity index (χ3v) is 4.39. The molecule has 18 heavy (non-hydrogen) atoms. The van der Waals surface area contributed by atoms with Crippen molar-refractivity contribution in [1.82, 2.24) is 4.90 Å². The summed E-state index contributed by atoms with van der Waals surface area (Å²) in [7, 11) is -1.77. The average Bonchev–Trinajstić information content (AvgIpc) is 2.55. The Morgan fingerprint density at radius 1 is 1.44 bits per heavy atom. The largest absolute Gasteiger partial charge is 0.411 e. The van der Waals surface area contributed by atoms with Crippen molar-refractivity contribution < 1.29 is 31.1 Å². The molecule has 1 saturated heterocycles. The van der Waals surface area contributed by atoms with Gasteiger partial charge < -0.3 is 9.64 Å². The summed E-state index contributed by atoms with van der Waals surface area (Å²) in [5, 5.41) is 0. The smallest absolute Gasteiger partial charge is 0.362 e. The van der Waals surface area contributed by atoms with Gasteiger partial charge in [0, 0.05) is 13.1 Å². The van der Waals surface area contributed by atoms with E-state index in [2.05, 4.69) is 4.74 Å². The van der Waals surface area contributed by atoms with E-state index in [9.17, 15) is 26.4 Å². The fraction of sp³-hybridized carbons (Fsp3) is 0.889. The molecule has 0 aromatic heterocycles. The minimum absolute atomic E-state index is 0.00129. The zero-order chi connectivity index (χ0) is 14.0. The van der Waals surface area contributed by atoms with Crippen molar-refractivity contribution in [3.63, 3.8) is 0 Å². The number of likely N-dealkylation sites (N-methyl/N-ethyl adjacent to an activating group) is 1. The fourth-order valence-corrected chi connectivity index (χ4v) is 3.41. The standard InChI is InChI=1S/C9H14F3NO4S/c1-13(7-2-3-18(15,16)5-7)8(14)4-17-6-9(10,11)12/h7H,2-6H2,1H3/t7-/m0/s1. The van der Waals surface area contributed by atoms with Crippen LogP contribution in [0.2, 0.25) is 0 Å². The highest BCUT2D eigenvalue weighted by molar-refractivity contribution is 7.91. The molecule has 1 aliphatic rings. The molecule has 0 saturated carbocycles. The Labute approximate surface area is 103 Å². The molecule has 0 radical (unpaired) electrons. The second-order valence-corrected chi connectivity index (χ2v) is 6.40. The fourth-order valence-electron chi connectivity index (χ4n) is 1.64. The number of rotatable bonds is 4. The molecule has 0 spiro atoms. The van der Waals surface area contributed by atoms with Crippen LogP contribution in [0.25, 0.3) is 0 Å². The average molecular weight is 289 g/mol. The minimum Gasteiger partial charge on any atom is -0.362 e. The highest BCUT2D eigenvalue weighted by Gasteiger charge is 2.33. The quantitative estimate of drug-likeness (QED) is 0.742. The molecule has 0 aliphatic carbocycles. The molecule has 1 atom stereocenters. The molecule has 5 nitrogen and oxygen atoms in total. The molecular formula is C9H14F3NO4S. The molecule has 1 amide bonds. The Kier molecular flexibility index (Phi) is 4.60. The van der Waals surface area contributed by atoms with Crippen LogP contribution in [0.15, 0.2) is 0 Å². The van der Waals surface area contributed by atoms with Gasteiger partial charge in [-0.1, -0.05) is 0 Å². The van der Waals surface area contributed by atoms with Crippen molar-refractivity contribution in [3.05, 3.63) is 0 Å². The molecule has 1 fully saturated rings. The van der Waals surface area contributed by atoms with Crippen LogP contribution in [-0.2, 0) is 19.4 Å². The van der Waals surface area contributed by atoms with Crippen molar-refractivity contribution in [2.75, 3.05) is 31.8 Å². The highest BCUT2D eigenvalue weighted by atomic mass is 32.2. The van der Waals surface area contributed by atoms with Crippen LogP contribution in [-0.4, -0.2) is 63.2 Å². The number of carbonyl (C=O) groups is 1. The first kappa shape index (κ1) is 15.2. The molecule has 0 N–H and O–H groups in total. The van der Waals surface area contributed by atoms with Gasteiger partial charge >= 0.3 is 6.18 Å². The maximum Gasteiger partial charge on any atom is 0.411 e. The van der Waals surface area contributed by atoms with Crippen molar-refractivity contribution in [2.24, 2.45) is 0 Å². The lowest BCUT2D eigenvalue weighted by Crippen LogP contribution is -2.40. The van der Waals surface area contributed by atoms with Crippen LogP contribution in [0.1, 0.15) is 6.42 Å². The maximum atomic E-state index is 11.8. The number of halogens is 3. The van der Waals surface area contributed by atoms with Gasteiger partial charge in [-0.3, -0.25) is 4.79 Å². The monoisotopic (exact) mass is 289 g/mol. The van der Waals surface area contributed by atoms with Crippen LogP contribution >= 0.6 is 0 Å². The van der Waals surface area contributed by atoms with Crippen LogP contribution in [0.3, 0.4) is 0 Å². The summed E-state index contributed by atoms with van der Waals surface area (Å²) in [5.74, 6) is -0.797. The Morgan fingerprint density at radius 3 is 2.50 bits per heavy atom. The van der Waals surface area contributed by atoms with Gasteiger partial charge in [-0.25, -0.2) is 8.42 Å². The predicted molar refractivity (Wildman–Crippen MR) is 56.7 cm³/mol. The van der Waals surface area contributed by atoms with E-state index in [-0.39, 0.29) is 11.5 Å². The van der Waals surface area contributed by atoms with Crippen LogP contribution < -0.4 is 0 Å². The summed E-state index contributed by atoms with van der Waals surface area (Å²) in [4.78, 5) is 12.6. The molecule has 1 aliphatic heterocycles. The number of nitrogens with zero attached hydrogens (tertiary/aromatic N) is 1. The number of sulfone groups is 1. The van der Waals surface area contributed by atoms with E-state index in [4.69, 9.17) is 0 Å². The van der Waals surface area contributed by atoms with Crippen molar-refractivity contribution in [3.8, 4) is 0 Å². The van der Waals surface area contributed by atoms with Crippen LogP contribution in [0.5, 0.6) is 0 Å². The topological polar surface area (TPSA) is 63.7 Å². The number of hydrogen-bond acceptors (Lipinski definition) is 4. The second kappa shape index (κ2) is 5.43. The number of ether oxygens (including phenoxy) is 1. The number of carbonyl (C=O) groups excluding carboxylic acids is 1. The van der Waals surface area contributed by atoms with Crippen molar-refractivity contribution in [1.29, 1.82) is 0 Å². The summed E-state index contributed by atoms with van der Waals surface area (Å²) in [6.07, 6.45) is -4.17. The normalized spacial score (nSPS) is 23.0. The van der Waals surface area contributed by atoms with Crippen molar-refractivity contribution in [2.45, 2.75) is 18.6 Å². The third kappa shape index (κ3) is 4.81. The molecule has 0 unspecified atom stereocenters. The SMILES string of the molecule is CN(C(=O)COCC(F)(F)F)[C@H]1CCS(=O)(=O)C1. The van der Waals surface area contributed by atoms with Gasteiger partial charge in [0.25, 0.3) is 0 Å². The number of amides is 1. The van der Waals surface area contributed by atoms with Crippen LogP contribution in [0, 0.1) is 0 Å². The summed E-state index contributed by atoms with van der Waals surface area (Å²) in [5.41, 5.74) is 0. The zero-order valence-corrected chi connectivity index (χ0v) is 10.6. The number of alkyl halides is 3. The first-order valence-electron chi connectivity index (χ1n) is 5.21. The van der Waals surface area contributed by atoms with Gasteiger partial charge in [-0.15, -0.1) is 0 Å². The van der Waals surface area contributed by atoms with E-state index >= 15 is 0 Å². The van der Waals surface area contributed by atoms with E-state index in [0.717, 1.165) is 4.90 Å². The summed E-state index contributed by atoms with van der Waals surface area (Å²) >= 11 is 0. The zero-order valence-electron chi connectivity index (χ0n) is 9.74. The van der Waals surface area contributed by atoms with Gasteiger partial charge in [-0.05, 0) is 6.42 Å². The first-order chi connectivity index (χ1) is 8.11. The van der Waals surface area contributed by atoms with E-state index in [1.807, 2.05) is 0 Å². The minimum atomic E-state index is -4.48. The van der Waals surface area contributed by atoms with E-state index in [0.29, 0.717) is 6.42 Å². The lowest BCUT2D eigenvalue weighted by atomic mass is 10.2. The molecule has 0 bridgehead atoms. The highest BCUT2D eigenvalue weighted by Crippen LogP contribution is 2.17. The molecule has 106 valence electrons. The Bertz CT molecular complexity index is 407.